The van der Waals surface area contributed by atoms with Crippen molar-refractivity contribution in [2.24, 2.45) is 5.41 Å². The Morgan fingerprint density at radius 3 is 2.63 bits per heavy atom. The van der Waals surface area contributed by atoms with E-state index in [2.05, 4.69) is 42.9 Å². The van der Waals surface area contributed by atoms with Crippen LogP contribution >= 0.6 is 11.3 Å². The number of carbonyl (C=O) groups is 1. The smallest absolute Gasteiger partial charge is 0.337 e. The summed E-state index contributed by atoms with van der Waals surface area (Å²) in [5, 5.41) is 10.1. The Labute approximate surface area is 182 Å². The second-order valence-corrected chi connectivity index (χ2v) is 10.1. The number of aromatic nitrogens is 1. The Balaban J connectivity index is 1.69. The Morgan fingerprint density at radius 2 is 1.90 bits per heavy atom. The highest BCUT2D eigenvalue weighted by Crippen LogP contribution is 2.45. The zero-order valence-electron chi connectivity index (χ0n) is 17.8. The fourth-order valence-electron chi connectivity index (χ4n) is 4.36. The first-order chi connectivity index (χ1) is 14.3. The molecule has 0 fully saturated rings. The number of nitrogens with zero attached hydrogens (tertiary/aromatic N) is 2. The molecule has 1 aromatic carbocycles. The average Bonchev–Trinajstić information content (AvgIpc) is 3.06. The minimum absolute atomic E-state index is 0.153. The lowest BCUT2D eigenvalue weighted by molar-refractivity contribution is 0.0696. The minimum atomic E-state index is -0.805. The van der Waals surface area contributed by atoms with Gasteiger partial charge in [0.25, 0.3) is 0 Å². The predicted molar refractivity (Wildman–Crippen MR) is 122 cm³/mol. The molecule has 0 unspecified atom stereocenters. The van der Waals surface area contributed by atoms with Crippen molar-refractivity contribution in [3.8, 4) is 10.4 Å². The number of thiophene rings is 1. The van der Waals surface area contributed by atoms with Gasteiger partial charge in [-0.3, -0.25) is 9.88 Å². The number of aryl methyl sites for hydroxylation is 1. The molecule has 1 N–H and O–H groups in total. The number of pyridine rings is 1. The molecular weight excluding hydrogens is 392 g/mol. The summed E-state index contributed by atoms with van der Waals surface area (Å²) in [6.45, 7) is 6.05. The van der Waals surface area contributed by atoms with E-state index < -0.39 is 5.97 Å². The molecule has 30 heavy (non-hydrogen) atoms. The largest absolute Gasteiger partial charge is 0.478 e. The highest BCUT2D eigenvalue weighted by molar-refractivity contribution is 7.16. The molecule has 5 heteroatoms. The third-order valence-corrected chi connectivity index (χ3v) is 7.22. The highest BCUT2D eigenvalue weighted by atomic mass is 32.1. The van der Waals surface area contributed by atoms with Crippen molar-refractivity contribution in [2.45, 2.75) is 46.2 Å². The maximum atomic E-state index is 12.3. The van der Waals surface area contributed by atoms with Crippen molar-refractivity contribution in [1.29, 1.82) is 0 Å². The number of rotatable bonds is 6. The van der Waals surface area contributed by atoms with Crippen molar-refractivity contribution < 1.29 is 9.90 Å². The predicted octanol–water partition coefficient (Wildman–Crippen LogP) is 5.66. The number of fused-ring (bicyclic) bond motifs is 1. The third-order valence-electron chi connectivity index (χ3n) is 5.89. The van der Waals surface area contributed by atoms with Gasteiger partial charge in [0.15, 0.2) is 0 Å². The molecule has 0 aliphatic heterocycles. The fraction of sp³-hybridized carbons (Fsp3) is 0.360. The van der Waals surface area contributed by atoms with E-state index in [1.54, 1.807) is 11.3 Å². The van der Waals surface area contributed by atoms with Gasteiger partial charge in [-0.2, -0.15) is 0 Å². The van der Waals surface area contributed by atoms with Crippen molar-refractivity contribution >= 4 is 17.3 Å². The van der Waals surface area contributed by atoms with E-state index in [4.69, 9.17) is 0 Å². The summed E-state index contributed by atoms with van der Waals surface area (Å²) in [4.78, 5) is 20.8. The zero-order valence-corrected chi connectivity index (χ0v) is 18.6. The van der Waals surface area contributed by atoms with Gasteiger partial charge in [0.05, 0.1) is 5.56 Å². The van der Waals surface area contributed by atoms with Crippen molar-refractivity contribution in [2.75, 3.05) is 7.05 Å². The van der Waals surface area contributed by atoms with E-state index in [0.717, 1.165) is 53.9 Å². The highest BCUT2D eigenvalue weighted by Gasteiger charge is 2.33. The summed E-state index contributed by atoms with van der Waals surface area (Å²) in [5.74, 6) is -0.805. The van der Waals surface area contributed by atoms with Gasteiger partial charge in [-0.15, -0.1) is 11.3 Å². The molecule has 0 spiro atoms. The Morgan fingerprint density at radius 1 is 1.17 bits per heavy atom. The lowest BCUT2D eigenvalue weighted by Crippen LogP contribution is -2.22. The molecule has 2 heterocycles. The van der Waals surface area contributed by atoms with Crippen LogP contribution in [0, 0.1) is 5.41 Å². The molecule has 0 atom stereocenters. The van der Waals surface area contributed by atoms with E-state index >= 15 is 0 Å². The van der Waals surface area contributed by atoms with Crippen LogP contribution in [0.3, 0.4) is 0 Å². The van der Waals surface area contributed by atoms with Crippen LogP contribution in [0.1, 0.15) is 52.2 Å². The molecule has 3 aromatic rings. The number of carboxylic acids is 1. The van der Waals surface area contributed by atoms with Gasteiger partial charge < -0.3 is 5.11 Å². The van der Waals surface area contributed by atoms with Gasteiger partial charge in [0.2, 0.25) is 0 Å². The van der Waals surface area contributed by atoms with Gasteiger partial charge in [-0.05, 0) is 66.1 Å². The summed E-state index contributed by atoms with van der Waals surface area (Å²) in [7, 11) is 2.09. The first kappa shape index (κ1) is 20.8. The minimum Gasteiger partial charge on any atom is -0.478 e. The second kappa shape index (κ2) is 8.32. The van der Waals surface area contributed by atoms with Gasteiger partial charge in [-0.1, -0.05) is 38.1 Å². The van der Waals surface area contributed by atoms with Crippen molar-refractivity contribution in [3.63, 3.8) is 0 Å². The summed E-state index contributed by atoms with van der Waals surface area (Å²) < 4.78 is 0. The number of carboxylic acid groups (broad SMARTS) is 1. The number of benzene rings is 1. The van der Waals surface area contributed by atoms with E-state index in [-0.39, 0.29) is 5.41 Å². The van der Waals surface area contributed by atoms with E-state index in [9.17, 15) is 9.90 Å². The zero-order chi connectivity index (χ0) is 21.3. The topological polar surface area (TPSA) is 53.4 Å². The van der Waals surface area contributed by atoms with Crippen LogP contribution in [0.2, 0.25) is 0 Å². The number of aromatic carboxylic acids is 1. The van der Waals surface area contributed by atoms with Gasteiger partial charge >= 0.3 is 5.97 Å². The molecule has 156 valence electrons. The maximum Gasteiger partial charge on any atom is 0.337 e. The molecule has 2 aromatic heterocycles. The molecule has 0 radical (unpaired) electrons. The number of hydrogen-bond acceptors (Lipinski definition) is 4. The Hall–Kier alpha value is -2.50. The van der Waals surface area contributed by atoms with Crippen LogP contribution < -0.4 is 0 Å². The van der Waals surface area contributed by atoms with Crippen LogP contribution in [-0.2, 0) is 25.9 Å². The van der Waals surface area contributed by atoms with E-state index in [0.29, 0.717) is 5.56 Å². The first-order valence-corrected chi connectivity index (χ1v) is 11.2. The van der Waals surface area contributed by atoms with E-state index in [1.165, 1.54) is 10.4 Å². The van der Waals surface area contributed by atoms with Crippen molar-refractivity contribution in [3.05, 3.63) is 75.9 Å². The molecule has 4 nitrogen and oxygen atoms in total. The van der Waals surface area contributed by atoms with Crippen LogP contribution in [0.5, 0.6) is 0 Å². The molecule has 1 aliphatic carbocycles. The summed E-state index contributed by atoms with van der Waals surface area (Å²) >= 11 is 1.68. The SMILES string of the molecule is CN(Cc1ccncc1)Cc1ccccc1-c1sc2c(c1C(=O)O)CC(C)(C)CC2. The Kier molecular flexibility index (Phi) is 5.76. The lowest BCUT2D eigenvalue weighted by atomic mass is 9.76. The molecule has 0 bridgehead atoms. The summed E-state index contributed by atoms with van der Waals surface area (Å²) in [6, 6.07) is 12.3. The van der Waals surface area contributed by atoms with E-state index in [1.807, 2.05) is 36.7 Å². The standard InChI is InChI=1S/C25H28N2O2S/c1-25(2)11-8-21-20(14-25)22(24(28)29)23(30-21)19-7-5-4-6-18(19)16-27(3)15-17-9-12-26-13-10-17/h4-7,9-10,12-13H,8,11,14-16H2,1-3H3,(H,28,29). The Bertz CT molecular complexity index is 1060. The van der Waals surface area contributed by atoms with Gasteiger partial charge in [0, 0.05) is 35.2 Å². The number of hydrogen-bond donors (Lipinski definition) is 1. The normalized spacial score (nSPS) is 15.2. The maximum absolute atomic E-state index is 12.3. The monoisotopic (exact) mass is 420 g/mol. The summed E-state index contributed by atoms with van der Waals surface area (Å²) in [5.41, 5.74) is 5.15. The van der Waals surface area contributed by atoms with Crippen LogP contribution in [0.15, 0.2) is 48.8 Å². The lowest BCUT2D eigenvalue weighted by Gasteiger charge is -2.29. The summed E-state index contributed by atoms with van der Waals surface area (Å²) in [6.07, 6.45) is 6.54. The van der Waals surface area contributed by atoms with Crippen molar-refractivity contribution in [1.82, 2.24) is 9.88 Å². The molecular formula is C25H28N2O2S. The first-order valence-electron chi connectivity index (χ1n) is 10.4. The van der Waals surface area contributed by atoms with Crippen LogP contribution in [-0.4, -0.2) is 28.0 Å². The fourth-order valence-corrected chi connectivity index (χ4v) is 5.73. The van der Waals surface area contributed by atoms with Gasteiger partial charge in [0.1, 0.15) is 0 Å². The van der Waals surface area contributed by atoms with Crippen LogP contribution in [0.4, 0.5) is 0 Å². The molecule has 4 rings (SSSR count). The second-order valence-electron chi connectivity index (χ2n) is 9.04. The average molecular weight is 421 g/mol. The van der Waals surface area contributed by atoms with Gasteiger partial charge in [-0.25, -0.2) is 4.79 Å². The molecule has 0 saturated heterocycles. The third kappa shape index (κ3) is 4.32. The van der Waals surface area contributed by atoms with Crippen LogP contribution in [0.25, 0.3) is 10.4 Å². The molecule has 0 saturated carbocycles. The molecule has 0 amide bonds. The quantitative estimate of drug-likeness (QED) is 0.559. The molecule has 1 aliphatic rings.